The van der Waals surface area contributed by atoms with Crippen LogP contribution in [0.2, 0.25) is 0 Å². The number of anilines is 2. The van der Waals surface area contributed by atoms with Crippen molar-refractivity contribution in [3.05, 3.63) is 40.8 Å². The zero-order chi connectivity index (χ0) is 27.3. The third-order valence-corrected chi connectivity index (χ3v) is 6.63. The standard InChI is InChI=1S/C25H33FN6O5/c1-24(2,3)37-23(36)31-14-16-19(25(31,4)5)32(22(34)35)28-20(16)27-21(33)15-7-8-18(17(26)13-15)30-11-9-29(6)10-12-30/h7-8,13H,9-12,14H2,1-6H3,(H,34,35)(H,27,28,33). The lowest BCUT2D eigenvalue weighted by molar-refractivity contribution is 0.00397. The molecule has 2 N–H and O–H groups in total. The second kappa shape index (κ2) is 9.33. The number of nitrogens with zero attached hydrogens (tertiary/aromatic N) is 5. The van der Waals surface area contributed by atoms with Gasteiger partial charge in [0.05, 0.1) is 23.5 Å². The minimum absolute atomic E-state index is 0.00918. The van der Waals surface area contributed by atoms with Gasteiger partial charge in [0, 0.05) is 37.3 Å². The van der Waals surface area contributed by atoms with E-state index in [9.17, 15) is 23.9 Å². The number of hydrogen-bond acceptors (Lipinski definition) is 7. The lowest BCUT2D eigenvalue weighted by atomic mass is 10.0. The van der Waals surface area contributed by atoms with E-state index in [-0.39, 0.29) is 23.6 Å². The monoisotopic (exact) mass is 516 g/mol. The number of carboxylic acid groups (broad SMARTS) is 1. The van der Waals surface area contributed by atoms with Gasteiger partial charge >= 0.3 is 12.2 Å². The minimum Gasteiger partial charge on any atom is -0.463 e. The van der Waals surface area contributed by atoms with Crippen molar-refractivity contribution in [2.75, 3.05) is 43.4 Å². The van der Waals surface area contributed by atoms with Crippen LogP contribution in [0.25, 0.3) is 0 Å². The maximum atomic E-state index is 14.9. The molecular formula is C25H33FN6O5. The van der Waals surface area contributed by atoms with Crippen molar-refractivity contribution in [1.82, 2.24) is 19.6 Å². The molecule has 11 nitrogen and oxygen atoms in total. The SMILES string of the molecule is CN1CCN(c2ccc(C(=O)Nc3nn(C(=O)O)c4c3CN(C(=O)OC(C)(C)C)C4(C)C)cc2F)CC1. The highest BCUT2D eigenvalue weighted by Gasteiger charge is 2.48. The van der Waals surface area contributed by atoms with Crippen LogP contribution in [0.4, 0.5) is 25.5 Å². The number of carbonyl (C=O) groups is 3. The number of nitrogens with one attached hydrogen (secondary N) is 1. The molecule has 37 heavy (non-hydrogen) atoms. The molecule has 2 aromatic rings. The van der Waals surface area contributed by atoms with Gasteiger partial charge in [0.1, 0.15) is 11.4 Å². The van der Waals surface area contributed by atoms with E-state index < -0.39 is 35.1 Å². The normalized spacial score (nSPS) is 17.5. The van der Waals surface area contributed by atoms with Gasteiger partial charge in [-0.25, -0.2) is 14.0 Å². The maximum absolute atomic E-state index is 14.9. The molecule has 4 rings (SSSR count). The Morgan fingerprint density at radius 2 is 1.78 bits per heavy atom. The Kier molecular flexibility index (Phi) is 6.65. The first-order valence-electron chi connectivity index (χ1n) is 12.1. The third-order valence-electron chi connectivity index (χ3n) is 6.63. The van der Waals surface area contributed by atoms with Crippen molar-refractivity contribution in [2.24, 2.45) is 0 Å². The molecule has 1 aromatic heterocycles. The molecule has 1 aromatic carbocycles. The number of ether oxygens (including phenoxy) is 1. The number of aromatic nitrogens is 2. The maximum Gasteiger partial charge on any atom is 0.432 e. The van der Waals surface area contributed by atoms with Crippen molar-refractivity contribution in [2.45, 2.75) is 52.3 Å². The van der Waals surface area contributed by atoms with Gasteiger partial charge in [-0.15, -0.1) is 5.10 Å². The third kappa shape index (κ3) is 5.10. The van der Waals surface area contributed by atoms with Gasteiger partial charge in [-0.3, -0.25) is 9.69 Å². The molecule has 2 aliphatic heterocycles. The summed E-state index contributed by atoms with van der Waals surface area (Å²) in [6.07, 6.45) is -1.98. The van der Waals surface area contributed by atoms with Crippen molar-refractivity contribution in [3.8, 4) is 0 Å². The Hall–Kier alpha value is -3.67. The fourth-order valence-corrected chi connectivity index (χ4v) is 4.69. The second-order valence-electron chi connectivity index (χ2n) is 10.9. The molecule has 200 valence electrons. The van der Waals surface area contributed by atoms with Crippen LogP contribution in [-0.4, -0.2) is 81.6 Å². The predicted molar refractivity (Wildman–Crippen MR) is 135 cm³/mol. The molecule has 0 saturated carbocycles. The molecular weight excluding hydrogens is 483 g/mol. The molecule has 12 heteroatoms. The number of benzene rings is 1. The van der Waals surface area contributed by atoms with Crippen LogP contribution in [-0.2, 0) is 16.8 Å². The Bertz CT molecular complexity index is 1240. The highest BCUT2D eigenvalue weighted by Crippen LogP contribution is 2.43. The molecule has 0 spiro atoms. The predicted octanol–water partition coefficient (Wildman–Crippen LogP) is 3.54. The van der Waals surface area contributed by atoms with E-state index in [2.05, 4.69) is 15.3 Å². The first kappa shape index (κ1) is 26.4. The molecule has 0 bridgehead atoms. The number of piperazine rings is 1. The number of likely N-dealkylation sites (N-methyl/N-ethyl adjacent to an activating group) is 1. The van der Waals surface area contributed by atoms with E-state index in [1.807, 2.05) is 11.9 Å². The van der Waals surface area contributed by atoms with E-state index in [1.54, 1.807) is 40.7 Å². The summed E-state index contributed by atoms with van der Waals surface area (Å²) >= 11 is 0. The summed E-state index contributed by atoms with van der Waals surface area (Å²) < 4.78 is 21.2. The quantitative estimate of drug-likeness (QED) is 0.636. The van der Waals surface area contributed by atoms with Gasteiger partial charge in [0.15, 0.2) is 5.82 Å². The van der Waals surface area contributed by atoms with Crippen molar-refractivity contribution in [3.63, 3.8) is 0 Å². The Labute approximate surface area is 214 Å². The van der Waals surface area contributed by atoms with Gasteiger partial charge in [-0.2, -0.15) is 4.68 Å². The highest BCUT2D eigenvalue weighted by molar-refractivity contribution is 6.04. The van der Waals surface area contributed by atoms with Crippen LogP contribution in [0.5, 0.6) is 0 Å². The molecule has 2 aliphatic rings. The van der Waals surface area contributed by atoms with Crippen LogP contribution >= 0.6 is 0 Å². The largest absolute Gasteiger partial charge is 0.463 e. The molecule has 3 heterocycles. The molecule has 0 aliphatic carbocycles. The number of amides is 2. The minimum atomic E-state index is -1.36. The van der Waals surface area contributed by atoms with Gasteiger partial charge in [0.25, 0.3) is 5.91 Å². The van der Waals surface area contributed by atoms with Crippen LogP contribution in [0.1, 0.15) is 56.2 Å². The Morgan fingerprint density at radius 1 is 1.14 bits per heavy atom. The molecule has 0 unspecified atom stereocenters. The van der Waals surface area contributed by atoms with Gasteiger partial charge in [0.2, 0.25) is 0 Å². The van der Waals surface area contributed by atoms with Crippen LogP contribution in [0.3, 0.4) is 0 Å². The van der Waals surface area contributed by atoms with Crippen molar-refractivity contribution >= 4 is 29.6 Å². The molecule has 1 saturated heterocycles. The number of hydrogen-bond donors (Lipinski definition) is 2. The summed E-state index contributed by atoms with van der Waals surface area (Å²) in [5.74, 6) is -1.17. The van der Waals surface area contributed by atoms with E-state index in [0.29, 0.717) is 24.3 Å². The zero-order valence-corrected chi connectivity index (χ0v) is 22.0. The van der Waals surface area contributed by atoms with Crippen LogP contribution in [0.15, 0.2) is 18.2 Å². The number of rotatable bonds is 3. The van der Waals surface area contributed by atoms with Crippen molar-refractivity contribution < 1.29 is 28.6 Å². The number of carbonyl (C=O) groups excluding carboxylic acids is 2. The smallest absolute Gasteiger partial charge is 0.432 e. The summed E-state index contributed by atoms with van der Waals surface area (Å²) in [4.78, 5) is 43.4. The van der Waals surface area contributed by atoms with Crippen molar-refractivity contribution in [1.29, 1.82) is 0 Å². The number of fused-ring (bicyclic) bond motifs is 1. The summed E-state index contributed by atoms with van der Waals surface area (Å²) in [6.45, 7) is 11.6. The molecule has 0 radical (unpaired) electrons. The van der Waals surface area contributed by atoms with Crippen LogP contribution < -0.4 is 10.2 Å². The topological polar surface area (TPSA) is 120 Å². The van der Waals surface area contributed by atoms with Crippen LogP contribution in [0, 0.1) is 5.82 Å². The van der Waals surface area contributed by atoms with E-state index in [0.717, 1.165) is 23.8 Å². The van der Waals surface area contributed by atoms with E-state index in [4.69, 9.17) is 4.74 Å². The fourth-order valence-electron chi connectivity index (χ4n) is 4.69. The lowest BCUT2D eigenvalue weighted by Gasteiger charge is -2.34. The first-order chi connectivity index (χ1) is 17.2. The summed E-state index contributed by atoms with van der Waals surface area (Å²) in [7, 11) is 2.01. The van der Waals surface area contributed by atoms with Gasteiger partial charge in [-0.05, 0) is 59.9 Å². The zero-order valence-electron chi connectivity index (χ0n) is 22.0. The van der Waals surface area contributed by atoms with E-state index >= 15 is 0 Å². The first-order valence-corrected chi connectivity index (χ1v) is 12.1. The number of halogens is 1. The van der Waals surface area contributed by atoms with Gasteiger partial charge in [-0.1, -0.05) is 0 Å². The Morgan fingerprint density at radius 3 is 2.35 bits per heavy atom. The second-order valence-corrected chi connectivity index (χ2v) is 10.9. The van der Waals surface area contributed by atoms with E-state index in [1.165, 1.54) is 11.0 Å². The Balaban J connectivity index is 1.59. The lowest BCUT2D eigenvalue weighted by Crippen LogP contribution is -2.44. The highest BCUT2D eigenvalue weighted by atomic mass is 19.1. The summed E-state index contributed by atoms with van der Waals surface area (Å²) in [5, 5.41) is 16.5. The summed E-state index contributed by atoms with van der Waals surface area (Å²) in [5.41, 5.74) is -0.717. The average molecular weight is 517 g/mol. The van der Waals surface area contributed by atoms with Gasteiger partial charge < -0.3 is 25.0 Å². The molecule has 2 amide bonds. The molecule has 0 atom stereocenters. The average Bonchev–Trinajstić information content (AvgIpc) is 3.28. The summed E-state index contributed by atoms with van der Waals surface area (Å²) in [6, 6.07) is 4.26. The molecule has 1 fully saturated rings. The fraction of sp³-hybridized carbons (Fsp3) is 0.520.